The molecule has 2 aromatic rings. The molecule has 0 radical (unpaired) electrons. The van der Waals surface area contributed by atoms with E-state index in [2.05, 4.69) is 9.97 Å². The molecule has 0 bridgehead atoms. The number of carbonyl (C=O) groups excluding carboxylic acids is 1. The molecule has 1 aliphatic rings. The number of nitrogens with two attached hydrogens (primary N) is 1. The lowest BCUT2D eigenvalue weighted by Crippen LogP contribution is -2.44. The molecule has 0 unspecified atom stereocenters. The average molecular weight is 332 g/mol. The van der Waals surface area contributed by atoms with Crippen molar-refractivity contribution in [2.24, 2.45) is 0 Å². The van der Waals surface area contributed by atoms with Gasteiger partial charge in [0.1, 0.15) is 17.6 Å². The van der Waals surface area contributed by atoms with E-state index in [0.29, 0.717) is 25.4 Å². The van der Waals surface area contributed by atoms with Crippen LogP contribution in [0.4, 0.5) is 10.2 Å². The molecule has 0 saturated carbocycles. The summed E-state index contributed by atoms with van der Waals surface area (Å²) in [6.07, 6.45) is 2.58. The zero-order valence-corrected chi connectivity index (χ0v) is 12.9. The Morgan fingerprint density at radius 3 is 2.96 bits per heavy atom. The maximum Gasteiger partial charge on any atom is 0.260 e. The fourth-order valence-corrected chi connectivity index (χ4v) is 2.44. The Balaban J connectivity index is 1.61. The van der Waals surface area contributed by atoms with Crippen molar-refractivity contribution >= 4 is 11.7 Å². The number of rotatable bonds is 4. The van der Waals surface area contributed by atoms with E-state index in [4.69, 9.17) is 15.2 Å². The minimum absolute atomic E-state index is 0.0498. The molecule has 0 spiro atoms. The summed E-state index contributed by atoms with van der Waals surface area (Å²) in [6.45, 7) is 0.828. The van der Waals surface area contributed by atoms with Crippen molar-refractivity contribution in [3.05, 3.63) is 48.2 Å². The summed E-state index contributed by atoms with van der Waals surface area (Å²) in [6, 6.07) is 5.96. The SMILES string of the molecule is Nc1nccnc1[C@@H]1CN(C(=O)COc2ccccc2F)CCO1. The molecule has 126 valence electrons. The summed E-state index contributed by atoms with van der Waals surface area (Å²) in [7, 11) is 0. The lowest BCUT2D eigenvalue weighted by molar-refractivity contribution is -0.141. The van der Waals surface area contributed by atoms with Gasteiger partial charge in [-0.3, -0.25) is 9.78 Å². The number of amides is 1. The molecule has 1 amide bonds. The third-order valence-electron chi connectivity index (χ3n) is 3.67. The number of hydrogen-bond acceptors (Lipinski definition) is 6. The standard InChI is InChI=1S/C16H17FN4O3/c17-11-3-1-2-4-12(11)24-10-14(22)21-7-8-23-13(9-21)15-16(18)20-6-5-19-15/h1-6,13H,7-10H2,(H2,18,20)/t13-/m0/s1. The summed E-state index contributed by atoms with van der Waals surface area (Å²) < 4.78 is 24.4. The molecule has 1 aliphatic heterocycles. The molecule has 1 aromatic heterocycles. The van der Waals surface area contributed by atoms with Crippen molar-refractivity contribution in [1.82, 2.24) is 14.9 Å². The lowest BCUT2D eigenvalue weighted by Gasteiger charge is -2.32. The Kier molecular flexibility index (Phi) is 4.85. The minimum atomic E-state index is -0.502. The number of aromatic nitrogens is 2. The Morgan fingerprint density at radius 1 is 1.38 bits per heavy atom. The van der Waals surface area contributed by atoms with E-state index in [0.717, 1.165) is 0 Å². The topological polar surface area (TPSA) is 90.6 Å². The number of benzene rings is 1. The smallest absolute Gasteiger partial charge is 0.260 e. The fourth-order valence-electron chi connectivity index (χ4n) is 2.44. The lowest BCUT2D eigenvalue weighted by atomic mass is 10.2. The first kappa shape index (κ1) is 16.1. The second-order valence-electron chi connectivity index (χ2n) is 5.25. The Hall–Kier alpha value is -2.74. The highest BCUT2D eigenvalue weighted by atomic mass is 19.1. The summed E-state index contributed by atoms with van der Waals surface area (Å²) in [5, 5.41) is 0. The monoisotopic (exact) mass is 332 g/mol. The van der Waals surface area contributed by atoms with Gasteiger partial charge in [-0.25, -0.2) is 9.37 Å². The molecule has 1 saturated heterocycles. The van der Waals surface area contributed by atoms with Gasteiger partial charge >= 0.3 is 0 Å². The third-order valence-corrected chi connectivity index (χ3v) is 3.67. The zero-order valence-electron chi connectivity index (χ0n) is 12.9. The van der Waals surface area contributed by atoms with Crippen LogP contribution in [0, 0.1) is 5.82 Å². The fraction of sp³-hybridized carbons (Fsp3) is 0.312. The summed E-state index contributed by atoms with van der Waals surface area (Å²) >= 11 is 0. The van der Waals surface area contributed by atoms with Crippen molar-refractivity contribution < 1.29 is 18.7 Å². The van der Waals surface area contributed by atoms with Crippen molar-refractivity contribution in [1.29, 1.82) is 0 Å². The van der Waals surface area contributed by atoms with Gasteiger partial charge in [-0.1, -0.05) is 12.1 Å². The number of ether oxygens (including phenoxy) is 2. The highest BCUT2D eigenvalue weighted by Crippen LogP contribution is 2.24. The van der Waals surface area contributed by atoms with Crippen molar-refractivity contribution in [2.45, 2.75) is 6.10 Å². The van der Waals surface area contributed by atoms with Gasteiger partial charge in [0, 0.05) is 18.9 Å². The predicted molar refractivity (Wildman–Crippen MR) is 83.6 cm³/mol. The first-order valence-corrected chi connectivity index (χ1v) is 7.48. The van der Waals surface area contributed by atoms with E-state index in [9.17, 15) is 9.18 Å². The second-order valence-corrected chi connectivity index (χ2v) is 5.25. The molecule has 24 heavy (non-hydrogen) atoms. The van der Waals surface area contributed by atoms with Gasteiger partial charge in [-0.05, 0) is 12.1 Å². The predicted octanol–water partition coefficient (Wildman–Crippen LogP) is 1.18. The number of nitrogens with zero attached hydrogens (tertiary/aromatic N) is 3. The largest absolute Gasteiger partial charge is 0.481 e. The number of morpholine rings is 1. The minimum Gasteiger partial charge on any atom is -0.481 e. The van der Waals surface area contributed by atoms with Gasteiger partial charge in [0.05, 0.1) is 13.2 Å². The summed E-state index contributed by atoms with van der Waals surface area (Å²) in [5.74, 6) is -0.431. The molecular weight excluding hydrogens is 315 g/mol. The highest BCUT2D eigenvalue weighted by molar-refractivity contribution is 5.78. The van der Waals surface area contributed by atoms with Crippen molar-refractivity contribution in [3.8, 4) is 5.75 Å². The molecule has 1 atom stereocenters. The number of anilines is 1. The third kappa shape index (κ3) is 3.60. The van der Waals surface area contributed by atoms with Crippen molar-refractivity contribution in [3.63, 3.8) is 0 Å². The van der Waals surface area contributed by atoms with Gasteiger partial charge in [-0.2, -0.15) is 0 Å². The number of halogens is 1. The summed E-state index contributed by atoms with van der Waals surface area (Å²) in [4.78, 5) is 22.0. The number of para-hydroxylation sites is 1. The summed E-state index contributed by atoms with van der Waals surface area (Å²) in [5.41, 5.74) is 6.31. The van der Waals surface area contributed by atoms with Gasteiger partial charge in [-0.15, -0.1) is 0 Å². The maximum absolute atomic E-state index is 13.5. The van der Waals surface area contributed by atoms with Crippen LogP contribution < -0.4 is 10.5 Å². The van der Waals surface area contributed by atoms with Gasteiger partial charge in [0.25, 0.3) is 5.91 Å². The van der Waals surface area contributed by atoms with Crippen LogP contribution in [0.15, 0.2) is 36.7 Å². The van der Waals surface area contributed by atoms with Crippen LogP contribution >= 0.6 is 0 Å². The van der Waals surface area contributed by atoms with E-state index in [-0.39, 0.29) is 24.1 Å². The maximum atomic E-state index is 13.5. The van der Waals surface area contributed by atoms with Crippen LogP contribution in [0.5, 0.6) is 5.75 Å². The number of nitrogen functional groups attached to an aromatic ring is 1. The van der Waals surface area contributed by atoms with Crippen LogP contribution in [0.2, 0.25) is 0 Å². The highest BCUT2D eigenvalue weighted by Gasteiger charge is 2.28. The molecule has 1 aromatic carbocycles. The Labute approximate surface area is 138 Å². The average Bonchev–Trinajstić information content (AvgIpc) is 2.61. The van der Waals surface area contributed by atoms with Crippen LogP contribution in [-0.2, 0) is 9.53 Å². The normalized spacial score (nSPS) is 17.5. The van der Waals surface area contributed by atoms with E-state index < -0.39 is 11.9 Å². The van der Waals surface area contributed by atoms with Gasteiger partial charge in [0.15, 0.2) is 18.2 Å². The number of hydrogen-bond donors (Lipinski definition) is 1. The molecule has 2 N–H and O–H groups in total. The first-order chi connectivity index (χ1) is 11.6. The van der Waals surface area contributed by atoms with Crippen LogP contribution in [-0.4, -0.2) is 47.1 Å². The number of carbonyl (C=O) groups is 1. The van der Waals surface area contributed by atoms with Crippen molar-refractivity contribution in [2.75, 3.05) is 32.0 Å². The molecule has 1 fully saturated rings. The molecule has 7 nitrogen and oxygen atoms in total. The molecule has 0 aliphatic carbocycles. The molecular formula is C16H17FN4O3. The Bertz CT molecular complexity index is 728. The Morgan fingerprint density at radius 2 is 2.17 bits per heavy atom. The second kappa shape index (κ2) is 7.22. The van der Waals surface area contributed by atoms with Crippen LogP contribution in [0.3, 0.4) is 0 Å². The van der Waals surface area contributed by atoms with E-state index in [1.165, 1.54) is 24.5 Å². The molecule has 8 heteroatoms. The molecule has 2 heterocycles. The van der Waals surface area contributed by atoms with E-state index >= 15 is 0 Å². The van der Waals surface area contributed by atoms with Gasteiger partial charge in [0.2, 0.25) is 0 Å². The first-order valence-electron chi connectivity index (χ1n) is 7.48. The molecule has 3 rings (SSSR count). The van der Waals surface area contributed by atoms with E-state index in [1.807, 2.05) is 0 Å². The van der Waals surface area contributed by atoms with Crippen LogP contribution in [0.25, 0.3) is 0 Å². The van der Waals surface area contributed by atoms with Gasteiger partial charge < -0.3 is 20.1 Å². The van der Waals surface area contributed by atoms with E-state index in [1.54, 1.807) is 17.0 Å². The van der Waals surface area contributed by atoms with Crippen LogP contribution in [0.1, 0.15) is 11.8 Å². The zero-order chi connectivity index (χ0) is 16.9. The quantitative estimate of drug-likeness (QED) is 0.904.